The monoisotopic (exact) mass is 287 g/mol. The van der Waals surface area contributed by atoms with Gasteiger partial charge in [0.25, 0.3) is 0 Å². The molecular formula is C13H18ClNO2S. The summed E-state index contributed by atoms with van der Waals surface area (Å²) in [7, 11) is -2.84. The third-order valence-corrected chi connectivity index (χ3v) is 5.40. The molecule has 1 heterocycles. The standard InChI is InChI=1S/C13H18ClNO2S/c1-10-7-12(14)5-4-11(10)8-15-13-3-2-6-18(16,17)9-13/h4-5,7,13,15H,2-3,6,8-9H2,1H3. The molecule has 1 N–H and O–H groups in total. The number of halogens is 1. The SMILES string of the molecule is Cc1cc(Cl)ccc1CNC1CCCS(=O)(=O)C1. The Hall–Kier alpha value is -0.580. The summed E-state index contributed by atoms with van der Waals surface area (Å²) in [5.74, 6) is 0.602. The minimum absolute atomic E-state index is 0.0822. The summed E-state index contributed by atoms with van der Waals surface area (Å²) in [6, 6.07) is 5.86. The molecule has 0 bridgehead atoms. The topological polar surface area (TPSA) is 46.2 Å². The van der Waals surface area contributed by atoms with Crippen molar-refractivity contribution < 1.29 is 8.42 Å². The van der Waals surface area contributed by atoms with E-state index in [2.05, 4.69) is 5.32 Å². The second-order valence-corrected chi connectivity index (χ2v) is 7.57. The van der Waals surface area contributed by atoms with Gasteiger partial charge in [-0.15, -0.1) is 0 Å². The van der Waals surface area contributed by atoms with Crippen LogP contribution >= 0.6 is 11.6 Å². The third kappa shape index (κ3) is 3.70. The first-order valence-corrected chi connectivity index (χ1v) is 8.35. The second kappa shape index (κ2) is 5.59. The molecule has 1 unspecified atom stereocenters. The van der Waals surface area contributed by atoms with Gasteiger partial charge in [-0.2, -0.15) is 0 Å². The van der Waals surface area contributed by atoms with Gasteiger partial charge in [0.1, 0.15) is 0 Å². The van der Waals surface area contributed by atoms with Crippen molar-refractivity contribution >= 4 is 21.4 Å². The first kappa shape index (κ1) is 13.8. The number of rotatable bonds is 3. The van der Waals surface area contributed by atoms with E-state index in [1.165, 1.54) is 5.56 Å². The van der Waals surface area contributed by atoms with Crippen LogP contribution in [0, 0.1) is 6.92 Å². The Morgan fingerprint density at radius 3 is 2.89 bits per heavy atom. The maximum atomic E-state index is 11.5. The summed E-state index contributed by atoms with van der Waals surface area (Å²) in [5, 5.41) is 4.06. The van der Waals surface area contributed by atoms with Gasteiger partial charge in [0.05, 0.1) is 11.5 Å². The molecule has 0 aliphatic carbocycles. The van der Waals surface area contributed by atoms with E-state index in [-0.39, 0.29) is 11.8 Å². The van der Waals surface area contributed by atoms with E-state index in [0.29, 0.717) is 12.3 Å². The Balaban J connectivity index is 1.95. The molecule has 1 aliphatic rings. The van der Waals surface area contributed by atoms with Crippen LogP contribution in [0.15, 0.2) is 18.2 Å². The van der Waals surface area contributed by atoms with Crippen molar-refractivity contribution in [1.82, 2.24) is 5.32 Å². The maximum Gasteiger partial charge on any atom is 0.151 e. The molecule has 1 aliphatic heterocycles. The summed E-state index contributed by atoms with van der Waals surface area (Å²) in [4.78, 5) is 0. The Labute approximate surface area is 113 Å². The Kier molecular flexibility index (Phi) is 4.30. The average Bonchev–Trinajstić information content (AvgIpc) is 2.26. The third-order valence-electron chi connectivity index (χ3n) is 3.35. The van der Waals surface area contributed by atoms with E-state index in [9.17, 15) is 8.42 Å². The van der Waals surface area contributed by atoms with Gasteiger partial charge in [0, 0.05) is 17.6 Å². The highest BCUT2D eigenvalue weighted by Crippen LogP contribution is 2.17. The smallest absolute Gasteiger partial charge is 0.151 e. The molecule has 0 spiro atoms. The van der Waals surface area contributed by atoms with Gasteiger partial charge in [0.15, 0.2) is 9.84 Å². The minimum atomic E-state index is -2.84. The maximum absolute atomic E-state index is 11.5. The Bertz CT molecular complexity index is 528. The summed E-state index contributed by atoms with van der Waals surface area (Å²) in [6.07, 6.45) is 1.70. The van der Waals surface area contributed by atoms with Crippen LogP contribution in [0.1, 0.15) is 24.0 Å². The van der Waals surface area contributed by atoms with Crippen molar-refractivity contribution in [1.29, 1.82) is 0 Å². The van der Waals surface area contributed by atoms with Crippen LogP contribution < -0.4 is 5.32 Å². The number of sulfone groups is 1. The van der Waals surface area contributed by atoms with Crippen molar-refractivity contribution in [3.63, 3.8) is 0 Å². The Morgan fingerprint density at radius 1 is 1.44 bits per heavy atom. The summed E-state index contributed by atoms with van der Waals surface area (Å²) < 4.78 is 23.1. The lowest BCUT2D eigenvalue weighted by Crippen LogP contribution is -2.39. The lowest BCUT2D eigenvalue weighted by atomic mass is 10.1. The first-order chi connectivity index (χ1) is 8.46. The zero-order valence-electron chi connectivity index (χ0n) is 10.4. The van der Waals surface area contributed by atoms with Gasteiger partial charge in [-0.1, -0.05) is 17.7 Å². The molecular weight excluding hydrogens is 270 g/mol. The number of benzene rings is 1. The number of aryl methyl sites for hydroxylation is 1. The van der Waals surface area contributed by atoms with E-state index in [4.69, 9.17) is 11.6 Å². The van der Waals surface area contributed by atoms with Crippen LogP contribution in [0.4, 0.5) is 0 Å². The van der Waals surface area contributed by atoms with Crippen LogP contribution in [-0.2, 0) is 16.4 Å². The van der Waals surface area contributed by atoms with Gasteiger partial charge in [0.2, 0.25) is 0 Å². The highest BCUT2D eigenvalue weighted by molar-refractivity contribution is 7.91. The molecule has 100 valence electrons. The zero-order chi connectivity index (χ0) is 13.2. The van der Waals surface area contributed by atoms with Crippen LogP contribution in [-0.4, -0.2) is 26.0 Å². The largest absolute Gasteiger partial charge is 0.309 e. The molecule has 18 heavy (non-hydrogen) atoms. The normalized spacial score (nSPS) is 22.9. The predicted molar refractivity (Wildman–Crippen MR) is 74.7 cm³/mol. The molecule has 1 aromatic rings. The lowest BCUT2D eigenvalue weighted by Gasteiger charge is -2.23. The van der Waals surface area contributed by atoms with E-state index < -0.39 is 9.84 Å². The quantitative estimate of drug-likeness (QED) is 0.928. The predicted octanol–water partition coefficient (Wildman–Crippen LogP) is 2.32. The molecule has 1 atom stereocenters. The zero-order valence-corrected chi connectivity index (χ0v) is 12.0. The molecule has 0 saturated carbocycles. The fourth-order valence-electron chi connectivity index (χ4n) is 2.30. The lowest BCUT2D eigenvalue weighted by molar-refractivity contribution is 0.479. The summed E-state index contributed by atoms with van der Waals surface area (Å²) in [5.41, 5.74) is 2.30. The molecule has 1 aromatic carbocycles. The van der Waals surface area contributed by atoms with Crippen molar-refractivity contribution in [2.24, 2.45) is 0 Å². The highest BCUT2D eigenvalue weighted by atomic mass is 35.5. The van der Waals surface area contributed by atoms with E-state index >= 15 is 0 Å². The van der Waals surface area contributed by atoms with Crippen molar-refractivity contribution in [3.05, 3.63) is 34.3 Å². The van der Waals surface area contributed by atoms with Gasteiger partial charge >= 0.3 is 0 Å². The fraction of sp³-hybridized carbons (Fsp3) is 0.538. The van der Waals surface area contributed by atoms with Crippen LogP contribution in [0.2, 0.25) is 5.02 Å². The molecule has 5 heteroatoms. The number of hydrogen-bond acceptors (Lipinski definition) is 3. The molecule has 1 fully saturated rings. The molecule has 3 nitrogen and oxygen atoms in total. The van der Waals surface area contributed by atoms with Gasteiger partial charge in [-0.05, 0) is 43.0 Å². The first-order valence-electron chi connectivity index (χ1n) is 6.15. The van der Waals surface area contributed by atoms with Crippen LogP contribution in [0.5, 0.6) is 0 Å². The van der Waals surface area contributed by atoms with Gasteiger partial charge in [-0.25, -0.2) is 8.42 Å². The second-order valence-electron chi connectivity index (χ2n) is 4.91. The molecule has 0 amide bonds. The molecule has 0 aromatic heterocycles. The average molecular weight is 288 g/mol. The van der Waals surface area contributed by atoms with Gasteiger partial charge in [-0.3, -0.25) is 0 Å². The van der Waals surface area contributed by atoms with Crippen LogP contribution in [0.3, 0.4) is 0 Å². The summed E-state index contributed by atoms with van der Waals surface area (Å²) >= 11 is 5.90. The Morgan fingerprint density at radius 2 is 2.22 bits per heavy atom. The minimum Gasteiger partial charge on any atom is -0.309 e. The molecule has 1 saturated heterocycles. The van der Waals surface area contributed by atoms with Crippen molar-refractivity contribution in [2.75, 3.05) is 11.5 Å². The number of hydrogen-bond donors (Lipinski definition) is 1. The summed E-state index contributed by atoms with van der Waals surface area (Å²) in [6.45, 7) is 2.71. The molecule has 0 radical (unpaired) electrons. The number of nitrogens with one attached hydrogen (secondary N) is 1. The fourth-order valence-corrected chi connectivity index (χ4v) is 4.19. The van der Waals surface area contributed by atoms with E-state index in [1.54, 1.807) is 0 Å². The highest BCUT2D eigenvalue weighted by Gasteiger charge is 2.24. The van der Waals surface area contributed by atoms with Crippen molar-refractivity contribution in [3.8, 4) is 0 Å². The van der Waals surface area contributed by atoms with Crippen molar-refractivity contribution in [2.45, 2.75) is 32.4 Å². The van der Waals surface area contributed by atoms with E-state index in [1.807, 2.05) is 25.1 Å². The van der Waals surface area contributed by atoms with Crippen LogP contribution in [0.25, 0.3) is 0 Å². The van der Waals surface area contributed by atoms with E-state index in [0.717, 1.165) is 23.4 Å². The molecule has 2 rings (SSSR count). The van der Waals surface area contributed by atoms with Gasteiger partial charge < -0.3 is 5.32 Å².